The van der Waals surface area contributed by atoms with Gasteiger partial charge >= 0.3 is 0 Å². The second-order valence-corrected chi connectivity index (χ2v) is 5.64. The number of hydrogen-bond acceptors (Lipinski definition) is 3. The fourth-order valence-corrected chi connectivity index (χ4v) is 2.71. The molecule has 1 heterocycles. The Bertz CT molecular complexity index is 462. The number of carbonyl (C=O) groups excluding carboxylic acids is 1. The molecule has 1 aliphatic rings. The Kier molecular flexibility index (Phi) is 6.21. The lowest BCUT2D eigenvalue weighted by Crippen LogP contribution is -2.33. The lowest BCUT2D eigenvalue weighted by Gasteiger charge is -2.21. The van der Waals surface area contributed by atoms with Crippen LogP contribution < -0.4 is 5.32 Å². The van der Waals surface area contributed by atoms with E-state index in [1.165, 1.54) is 5.56 Å². The Balaban J connectivity index is 1.81. The molecule has 1 amide bonds. The number of nitrogens with one attached hydrogen (secondary N) is 1. The number of anilines is 1. The molecule has 0 unspecified atom stereocenters. The van der Waals surface area contributed by atoms with Gasteiger partial charge < -0.3 is 15.0 Å². The van der Waals surface area contributed by atoms with Crippen molar-refractivity contribution in [3.05, 3.63) is 29.8 Å². The van der Waals surface area contributed by atoms with Crippen LogP contribution in [0.25, 0.3) is 0 Å². The molecular formula is C17H26N2O2. The molecule has 1 aromatic rings. The highest BCUT2D eigenvalue weighted by molar-refractivity contribution is 5.91. The number of ether oxygens (including phenoxy) is 1. The summed E-state index contributed by atoms with van der Waals surface area (Å²) in [6.45, 7) is 7.75. The van der Waals surface area contributed by atoms with Gasteiger partial charge in [0.2, 0.25) is 5.91 Å². The van der Waals surface area contributed by atoms with E-state index in [2.05, 4.69) is 30.1 Å². The van der Waals surface area contributed by atoms with Crippen LogP contribution >= 0.6 is 0 Å². The third-order valence-corrected chi connectivity index (χ3v) is 3.86. The van der Waals surface area contributed by atoms with Gasteiger partial charge in [0.15, 0.2) is 0 Å². The highest BCUT2D eigenvalue weighted by Gasteiger charge is 2.16. The average molecular weight is 290 g/mol. The molecule has 1 aliphatic heterocycles. The van der Waals surface area contributed by atoms with Gasteiger partial charge in [-0.15, -0.1) is 0 Å². The smallest absolute Gasteiger partial charge is 0.225 e. The minimum absolute atomic E-state index is 0.0914. The fraction of sp³-hybridized carbons (Fsp3) is 0.588. The van der Waals surface area contributed by atoms with Crippen molar-refractivity contribution in [1.29, 1.82) is 0 Å². The van der Waals surface area contributed by atoms with Crippen molar-refractivity contribution in [2.24, 2.45) is 0 Å². The Morgan fingerprint density at radius 3 is 3.05 bits per heavy atom. The maximum Gasteiger partial charge on any atom is 0.225 e. The second kappa shape index (κ2) is 8.15. The van der Waals surface area contributed by atoms with E-state index in [0.29, 0.717) is 6.42 Å². The summed E-state index contributed by atoms with van der Waals surface area (Å²) in [7, 11) is 0. The lowest BCUT2D eigenvalue weighted by molar-refractivity contribution is -0.116. The number of rotatable bonds is 5. The van der Waals surface area contributed by atoms with Gasteiger partial charge in [0, 0.05) is 38.3 Å². The fourth-order valence-electron chi connectivity index (χ4n) is 2.71. The third-order valence-electron chi connectivity index (χ3n) is 3.86. The second-order valence-electron chi connectivity index (χ2n) is 5.64. The lowest BCUT2D eigenvalue weighted by atomic mass is 10.1. The van der Waals surface area contributed by atoms with Gasteiger partial charge in [0.25, 0.3) is 0 Å². The van der Waals surface area contributed by atoms with Gasteiger partial charge in [0.05, 0.1) is 6.10 Å². The summed E-state index contributed by atoms with van der Waals surface area (Å²) in [6.07, 6.45) is 2.77. The quantitative estimate of drug-likeness (QED) is 0.906. The monoisotopic (exact) mass is 290 g/mol. The Labute approximate surface area is 127 Å². The Hall–Kier alpha value is -1.39. The van der Waals surface area contributed by atoms with Gasteiger partial charge in [0.1, 0.15) is 0 Å². The first kappa shape index (κ1) is 16.0. The topological polar surface area (TPSA) is 41.6 Å². The number of para-hydroxylation sites is 1. The molecule has 1 fully saturated rings. The molecule has 1 N–H and O–H groups in total. The van der Waals surface area contributed by atoms with Crippen molar-refractivity contribution in [2.45, 2.75) is 39.2 Å². The van der Waals surface area contributed by atoms with Crippen LogP contribution in [0.15, 0.2) is 24.3 Å². The van der Waals surface area contributed by atoms with Crippen LogP contribution in [0.4, 0.5) is 5.69 Å². The number of aryl methyl sites for hydroxylation is 1. The maximum absolute atomic E-state index is 12.1. The summed E-state index contributed by atoms with van der Waals surface area (Å²) in [5, 5.41) is 3.03. The van der Waals surface area contributed by atoms with E-state index in [1.807, 2.05) is 18.2 Å². The summed E-state index contributed by atoms with van der Waals surface area (Å²) in [5.41, 5.74) is 2.13. The Morgan fingerprint density at radius 1 is 1.43 bits per heavy atom. The molecular weight excluding hydrogens is 264 g/mol. The van der Waals surface area contributed by atoms with Crippen LogP contribution in [0.2, 0.25) is 0 Å². The number of carbonyl (C=O) groups is 1. The summed E-state index contributed by atoms with van der Waals surface area (Å²) in [6, 6.07) is 8.00. The molecule has 4 nitrogen and oxygen atoms in total. The first-order chi connectivity index (χ1) is 10.2. The van der Waals surface area contributed by atoms with E-state index in [9.17, 15) is 4.79 Å². The standard InChI is InChI=1S/C17H26N2O2/c1-3-15-7-4-5-8-16(15)18-17(20)9-11-19-10-6-12-21-14(2)13-19/h4-5,7-8,14H,3,6,9-13H2,1-2H3,(H,18,20)/t14-/m1/s1. The molecule has 0 aromatic heterocycles. The van der Waals surface area contributed by atoms with Crippen LogP contribution in [0.5, 0.6) is 0 Å². The summed E-state index contributed by atoms with van der Waals surface area (Å²) >= 11 is 0. The van der Waals surface area contributed by atoms with E-state index in [4.69, 9.17) is 4.74 Å². The van der Waals surface area contributed by atoms with Crippen molar-refractivity contribution in [2.75, 3.05) is 31.6 Å². The van der Waals surface area contributed by atoms with E-state index >= 15 is 0 Å². The molecule has 1 saturated heterocycles. The largest absolute Gasteiger partial charge is 0.377 e. The number of nitrogens with zero attached hydrogens (tertiary/aromatic N) is 1. The van der Waals surface area contributed by atoms with Gasteiger partial charge in [-0.2, -0.15) is 0 Å². The molecule has 0 radical (unpaired) electrons. The molecule has 4 heteroatoms. The average Bonchev–Trinajstić information content (AvgIpc) is 2.70. The van der Waals surface area contributed by atoms with Crippen molar-refractivity contribution in [1.82, 2.24) is 4.90 Å². The predicted octanol–water partition coefficient (Wildman–Crippen LogP) is 2.69. The maximum atomic E-state index is 12.1. The first-order valence-corrected chi connectivity index (χ1v) is 7.90. The minimum atomic E-state index is 0.0914. The molecule has 0 spiro atoms. The molecule has 1 aromatic carbocycles. The van der Waals surface area contributed by atoms with Crippen LogP contribution in [0.3, 0.4) is 0 Å². The molecule has 0 bridgehead atoms. The highest BCUT2D eigenvalue weighted by Crippen LogP contribution is 2.15. The summed E-state index contributed by atoms with van der Waals surface area (Å²) in [5.74, 6) is 0.0914. The van der Waals surface area contributed by atoms with Crippen LogP contribution in [-0.2, 0) is 16.0 Å². The van der Waals surface area contributed by atoms with Gasteiger partial charge in [-0.25, -0.2) is 0 Å². The zero-order chi connectivity index (χ0) is 15.1. The van der Waals surface area contributed by atoms with E-state index in [0.717, 1.165) is 44.8 Å². The molecule has 0 saturated carbocycles. The van der Waals surface area contributed by atoms with Crippen LogP contribution in [0, 0.1) is 0 Å². The first-order valence-electron chi connectivity index (χ1n) is 7.90. The Morgan fingerprint density at radius 2 is 2.24 bits per heavy atom. The zero-order valence-corrected chi connectivity index (χ0v) is 13.1. The van der Waals surface area contributed by atoms with E-state index in [-0.39, 0.29) is 12.0 Å². The number of hydrogen-bond donors (Lipinski definition) is 1. The number of amides is 1. The van der Waals surface area contributed by atoms with Crippen molar-refractivity contribution >= 4 is 11.6 Å². The number of benzene rings is 1. The van der Waals surface area contributed by atoms with Gasteiger partial charge in [-0.3, -0.25) is 4.79 Å². The SMILES string of the molecule is CCc1ccccc1NC(=O)CCN1CCCO[C@H](C)C1. The van der Waals surface area contributed by atoms with Crippen molar-refractivity contribution < 1.29 is 9.53 Å². The highest BCUT2D eigenvalue weighted by atomic mass is 16.5. The van der Waals surface area contributed by atoms with Crippen molar-refractivity contribution in [3.8, 4) is 0 Å². The normalized spacial score (nSPS) is 20.0. The van der Waals surface area contributed by atoms with Crippen LogP contribution in [-0.4, -0.2) is 43.2 Å². The third kappa shape index (κ3) is 5.14. The minimum Gasteiger partial charge on any atom is -0.377 e. The van der Waals surface area contributed by atoms with Gasteiger partial charge in [-0.05, 0) is 31.4 Å². The van der Waals surface area contributed by atoms with Gasteiger partial charge in [-0.1, -0.05) is 25.1 Å². The van der Waals surface area contributed by atoms with Crippen molar-refractivity contribution in [3.63, 3.8) is 0 Å². The molecule has 21 heavy (non-hydrogen) atoms. The van der Waals surface area contributed by atoms with Crippen LogP contribution in [0.1, 0.15) is 32.3 Å². The molecule has 1 atom stereocenters. The summed E-state index contributed by atoms with van der Waals surface area (Å²) in [4.78, 5) is 14.4. The molecule has 0 aliphatic carbocycles. The zero-order valence-electron chi connectivity index (χ0n) is 13.1. The molecule has 116 valence electrons. The molecule has 2 rings (SSSR count). The van der Waals surface area contributed by atoms with E-state index < -0.39 is 0 Å². The summed E-state index contributed by atoms with van der Waals surface area (Å²) < 4.78 is 5.62. The van der Waals surface area contributed by atoms with E-state index in [1.54, 1.807) is 0 Å². The predicted molar refractivity (Wildman–Crippen MR) is 85.5 cm³/mol.